The van der Waals surface area contributed by atoms with E-state index in [1.165, 1.54) is 0 Å². The fraction of sp³-hybridized carbons (Fsp3) is 0.250. The monoisotopic (exact) mass is 393 g/mol. The number of nitrogens with one attached hydrogen (secondary N) is 1. The van der Waals surface area contributed by atoms with Crippen molar-refractivity contribution in [2.45, 2.75) is 44.0 Å². The summed E-state index contributed by atoms with van der Waals surface area (Å²) in [7, 11) is -3.68. The van der Waals surface area contributed by atoms with Gasteiger partial charge in [-0.3, -0.25) is 0 Å². The zero-order chi connectivity index (χ0) is 20.4. The Labute approximate surface area is 168 Å². The van der Waals surface area contributed by atoms with Gasteiger partial charge in [-0.05, 0) is 41.2 Å². The lowest BCUT2D eigenvalue weighted by atomic mass is 9.87. The predicted molar refractivity (Wildman–Crippen MR) is 115 cm³/mol. The Hall–Kier alpha value is -2.43. The second-order valence-electron chi connectivity index (χ2n) is 8.15. The number of aryl methyl sites for hydroxylation is 1. The molecule has 146 valence electrons. The van der Waals surface area contributed by atoms with Gasteiger partial charge in [-0.25, -0.2) is 8.42 Å². The molecule has 4 heteroatoms. The van der Waals surface area contributed by atoms with Crippen LogP contribution in [0.25, 0.3) is 0 Å². The zero-order valence-electron chi connectivity index (χ0n) is 16.8. The molecule has 0 saturated carbocycles. The maximum absolute atomic E-state index is 13.1. The lowest BCUT2D eigenvalue weighted by Crippen LogP contribution is -2.29. The molecule has 3 nitrogen and oxygen atoms in total. The van der Waals surface area contributed by atoms with Crippen LogP contribution in [0.15, 0.2) is 83.8 Å². The molecule has 0 radical (unpaired) electrons. The van der Waals surface area contributed by atoms with Crippen molar-refractivity contribution in [3.63, 3.8) is 0 Å². The van der Waals surface area contributed by atoms with E-state index in [1.807, 2.05) is 73.7 Å². The van der Waals surface area contributed by atoms with Crippen LogP contribution in [0.5, 0.6) is 0 Å². The molecule has 0 amide bonds. The van der Waals surface area contributed by atoms with Crippen molar-refractivity contribution in [2.75, 3.05) is 0 Å². The number of sulfonamides is 1. The Morgan fingerprint density at radius 1 is 0.750 bits per heavy atom. The van der Waals surface area contributed by atoms with Crippen molar-refractivity contribution in [1.82, 2.24) is 4.72 Å². The van der Waals surface area contributed by atoms with Crippen LogP contribution in [-0.2, 0) is 15.4 Å². The van der Waals surface area contributed by atoms with E-state index in [4.69, 9.17) is 0 Å². The Morgan fingerprint density at radius 3 is 1.82 bits per heavy atom. The molecule has 0 saturated heterocycles. The largest absolute Gasteiger partial charge is 0.241 e. The molecule has 0 aromatic heterocycles. The number of hydrogen-bond acceptors (Lipinski definition) is 2. The summed E-state index contributed by atoms with van der Waals surface area (Å²) >= 11 is 0. The minimum Gasteiger partial charge on any atom is -0.207 e. The van der Waals surface area contributed by atoms with Gasteiger partial charge < -0.3 is 0 Å². The van der Waals surface area contributed by atoms with Crippen LogP contribution >= 0.6 is 0 Å². The zero-order valence-corrected chi connectivity index (χ0v) is 17.6. The summed E-state index contributed by atoms with van der Waals surface area (Å²) in [4.78, 5) is 0.272. The molecule has 1 N–H and O–H groups in total. The fourth-order valence-corrected chi connectivity index (χ4v) is 4.30. The highest BCUT2D eigenvalue weighted by Crippen LogP contribution is 2.27. The van der Waals surface area contributed by atoms with Crippen LogP contribution in [0.1, 0.15) is 49.1 Å². The number of hydrogen-bond donors (Lipinski definition) is 1. The second kappa shape index (κ2) is 7.90. The molecule has 3 aromatic carbocycles. The standard InChI is InChI=1S/C24H27NO2S/c1-18-10-12-20(13-11-18)23(19-8-6-5-7-9-19)25-28(26,27)22-16-14-21(15-17-22)24(2,3)4/h5-17,23,25H,1-4H3/t23-/m1/s1. The van der Waals surface area contributed by atoms with Crippen LogP contribution in [0.2, 0.25) is 0 Å². The summed E-state index contributed by atoms with van der Waals surface area (Å²) in [6.45, 7) is 8.34. The predicted octanol–water partition coefficient (Wildman–Crippen LogP) is 5.36. The summed E-state index contributed by atoms with van der Waals surface area (Å²) in [6, 6.07) is 24.3. The third kappa shape index (κ3) is 4.70. The average Bonchev–Trinajstić information content (AvgIpc) is 2.67. The van der Waals surface area contributed by atoms with Gasteiger partial charge in [0.1, 0.15) is 0 Å². The summed E-state index contributed by atoms with van der Waals surface area (Å²) < 4.78 is 29.1. The van der Waals surface area contributed by atoms with Crippen molar-refractivity contribution in [3.05, 3.63) is 101 Å². The van der Waals surface area contributed by atoms with E-state index in [-0.39, 0.29) is 10.3 Å². The van der Waals surface area contributed by atoms with Gasteiger partial charge in [0.2, 0.25) is 10.0 Å². The first-order valence-corrected chi connectivity index (χ1v) is 10.9. The molecule has 0 spiro atoms. The lowest BCUT2D eigenvalue weighted by Gasteiger charge is -2.21. The van der Waals surface area contributed by atoms with E-state index in [0.717, 1.165) is 22.3 Å². The minimum atomic E-state index is -3.68. The van der Waals surface area contributed by atoms with Gasteiger partial charge in [-0.2, -0.15) is 4.72 Å². The van der Waals surface area contributed by atoms with Crippen LogP contribution in [0.4, 0.5) is 0 Å². The molecular weight excluding hydrogens is 366 g/mol. The molecule has 0 fully saturated rings. The molecule has 0 aliphatic rings. The number of benzene rings is 3. The molecule has 0 heterocycles. The Bertz CT molecular complexity index is 1020. The van der Waals surface area contributed by atoms with Crippen LogP contribution < -0.4 is 4.72 Å². The molecular formula is C24H27NO2S. The van der Waals surface area contributed by atoms with Gasteiger partial charge in [0.05, 0.1) is 10.9 Å². The van der Waals surface area contributed by atoms with E-state index in [2.05, 4.69) is 25.5 Å². The van der Waals surface area contributed by atoms with E-state index in [1.54, 1.807) is 12.1 Å². The highest BCUT2D eigenvalue weighted by Gasteiger charge is 2.23. The number of rotatable bonds is 5. The van der Waals surface area contributed by atoms with Crippen LogP contribution in [0, 0.1) is 6.92 Å². The molecule has 0 aliphatic carbocycles. The normalized spacial score (nSPS) is 13.3. The Balaban J connectivity index is 1.96. The summed E-state index contributed by atoms with van der Waals surface area (Å²) in [5.41, 5.74) is 4.03. The van der Waals surface area contributed by atoms with Gasteiger partial charge in [0, 0.05) is 0 Å². The van der Waals surface area contributed by atoms with Gasteiger partial charge >= 0.3 is 0 Å². The van der Waals surface area contributed by atoms with Crippen LogP contribution in [0.3, 0.4) is 0 Å². The van der Waals surface area contributed by atoms with E-state index < -0.39 is 16.1 Å². The molecule has 0 unspecified atom stereocenters. The fourth-order valence-electron chi connectivity index (χ4n) is 3.09. The maximum Gasteiger partial charge on any atom is 0.241 e. The average molecular weight is 394 g/mol. The topological polar surface area (TPSA) is 46.2 Å². The Morgan fingerprint density at radius 2 is 1.29 bits per heavy atom. The third-order valence-electron chi connectivity index (χ3n) is 4.85. The van der Waals surface area contributed by atoms with Gasteiger partial charge in [0.25, 0.3) is 0 Å². The third-order valence-corrected chi connectivity index (χ3v) is 6.29. The second-order valence-corrected chi connectivity index (χ2v) is 9.86. The van der Waals surface area contributed by atoms with Crippen molar-refractivity contribution in [3.8, 4) is 0 Å². The molecule has 28 heavy (non-hydrogen) atoms. The molecule has 3 aromatic rings. The SMILES string of the molecule is Cc1ccc([C@H](NS(=O)(=O)c2ccc(C(C)(C)C)cc2)c2ccccc2)cc1. The quantitative estimate of drug-likeness (QED) is 0.634. The van der Waals surface area contributed by atoms with E-state index >= 15 is 0 Å². The highest BCUT2D eigenvalue weighted by atomic mass is 32.2. The Kier molecular flexibility index (Phi) is 5.73. The highest BCUT2D eigenvalue weighted by molar-refractivity contribution is 7.89. The maximum atomic E-state index is 13.1. The van der Waals surface area contributed by atoms with Crippen LogP contribution in [-0.4, -0.2) is 8.42 Å². The first-order chi connectivity index (χ1) is 13.2. The van der Waals surface area contributed by atoms with E-state index in [0.29, 0.717) is 0 Å². The first kappa shape index (κ1) is 20.3. The summed E-state index contributed by atoms with van der Waals surface area (Å²) in [6.07, 6.45) is 0. The molecule has 3 rings (SSSR count). The van der Waals surface area contributed by atoms with Gasteiger partial charge in [0.15, 0.2) is 0 Å². The van der Waals surface area contributed by atoms with Gasteiger partial charge in [-0.15, -0.1) is 0 Å². The van der Waals surface area contributed by atoms with Crippen molar-refractivity contribution in [2.24, 2.45) is 0 Å². The molecule has 0 bridgehead atoms. The van der Waals surface area contributed by atoms with Crippen molar-refractivity contribution >= 4 is 10.0 Å². The van der Waals surface area contributed by atoms with E-state index in [9.17, 15) is 8.42 Å². The lowest BCUT2D eigenvalue weighted by molar-refractivity contribution is 0.570. The summed E-state index contributed by atoms with van der Waals surface area (Å²) in [5, 5.41) is 0. The first-order valence-electron chi connectivity index (χ1n) is 9.41. The van der Waals surface area contributed by atoms with Crippen molar-refractivity contribution in [1.29, 1.82) is 0 Å². The summed E-state index contributed by atoms with van der Waals surface area (Å²) in [5.74, 6) is 0. The van der Waals surface area contributed by atoms with Crippen molar-refractivity contribution < 1.29 is 8.42 Å². The molecule has 1 atom stereocenters. The van der Waals surface area contributed by atoms with Gasteiger partial charge in [-0.1, -0.05) is 93.1 Å². The molecule has 0 aliphatic heterocycles. The minimum absolute atomic E-state index is 0.0236. The smallest absolute Gasteiger partial charge is 0.207 e.